The first-order chi connectivity index (χ1) is 15.1. The van der Waals surface area contributed by atoms with Gasteiger partial charge in [-0.1, -0.05) is 60.7 Å². The van der Waals surface area contributed by atoms with E-state index in [-0.39, 0.29) is 5.91 Å². The van der Waals surface area contributed by atoms with Crippen molar-refractivity contribution < 1.29 is 11.0 Å². The molecule has 1 aliphatic rings. The number of aryl methyl sites for hydroxylation is 1. The van der Waals surface area contributed by atoms with Gasteiger partial charge >= 0.3 is 0 Å². The molecular formula is C26H28N2O2. The zero-order chi connectivity index (χ0) is 21.6. The number of carbonyl (C=O) groups is 2. The maximum atomic E-state index is 12.6. The number of benzene rings is 3. The molecule has 4 heteroatoms. The quantitative estimate of drug-likeness (QED) is 0.601. The first-order valence-corrected chi connectivity index (χ1v) is 10.7. The Balaban J connectivity index is 1.38. The summed E-state index contributed by atoms with van der Waals surface area (Å²) in [5.41, 5.74) is 3.47. The van der Waals surface area contributed by atoms with Gasteiger partial charge in [-0.25, -0.2) is 0 Å². The molecular weight excluding hydrogens is 372 g/mol. The van der Waals surface area contributed by atoms with Crippen molar-refractivity contribution in [2.45, 2.75) is 38.1 Å². The van der Waals surface area contributed by atoms with E-state index in [1.54, 1.807) is 0 Å². The summed E-state index contributed by atoms with van der Waals surface area (Å²) >= 11 is 0. The molecule has 1 aliphatic heterocycles. The van der Waals surface area contributed by atoms with E-state index in [1.807, 2.05) is 48.5 Å². The van der Waals surface area contributed by atoms with Crippen LogP contribution in [0.1, 0.15) is 31.8 Å². The second kappa shape index (κ2) is 9.57. The maximum absolute atomic E-state index is 12.6. The van der Waals surface area contributed by atoms with E-state index in [9.17, 15) is 9.59 Å². The van der Waals surface area contributed by atoms with Gasteiger partial charge < -0.3 is 15.0 Å². The minimum absolute atomic E-state index is 0.187. The Labute approximate surface area is 179 Å². The van der Waals surface area contributed by atoms with Crippen molar-refractivity contribution in [2.24, 2.45) is 0 Å². The van der Waals surface area contributed by atoms with Crippen molar-refractivity contribution in [3.05, 3.63) is 77.9 Å². The maximum Gasteiger partial charge on any atom is 0.222 e. The van der Waals surface area contributed by atoms with Crippen LogP contribution in [0, 0.1) is 0 Å². The van der Waals surface area contributed by atoms with Crippen LogP contribution in [0.4, 0.5) is 5.69 Å². The molecule has 0 aliphatic carbocycles. The predicted molar refractivity (Wildman–Crippen MR) is 122 cm³/mol. The molecule has 0 fully saturated rings. The number of amides is 1. The predicted octanol–water partition coefficient (Wildman–Crippen LogP) is 4.30. The average Bonchev–Trinajstić information content (AvgIpc) is 2.99. The lowest BCUT2D eigenvalue weighted by molar-refractivity contribution is -0.123. The molecule has 4 rings (SSSR count). The standard InChI is InChI=1S/C26H28N2O2/c29-19-24(18-20-12-13-21-7-1-2-10-23(21)17-20)27-26(30)14-16-28-15-6-5-9-22-8-3-4-11-25(22)28/h1-4,7-8,10-13,17,19,24H,5-6,9,14-16,18H2,(H,27,30)/t24-/m1/s1/i19D. The second-order valence-corrected chi connectivity index (χ2v) is 7.95. The van der Waals surface area contributed by atoms with E-state index >= 15 is 0 Å². The number of fused-ring (bicyclic) bond motifs is 2. The van der Waals surface area contributed by atoms with Crippen molar-refractivity contribution in [1.82, 2.24) is 5.32 Å². The van der Waals surface area contributed by atoms with Crippen LogP contribution in [-0.4, -0.2) is 31.3 Å². The zero-order valence-electron chi connectivity index (χ0n) is 18.1. The van der Waals surface area contributed by atoms with Gasteiger partial charge in [0.05, 0.1) is 6.04 Å². The van der Waals surface area contributed by atoms with Gasteiger partial charge in [0.15, 0.2) is 0 Å². The molecule has 154 valence electrons. The third-order valence-corrected chi connectivity index (χ3v) is 5.80. The number of rotatable bonds is 7. The third-order valence-electron chi connectivity index (χ3n) is 5.80. The third kappa shape index (κ3) is 4.88. The Morgan fingerprint density at radius 2 is 1.87 bits per heavy atom. The number of nitrogens with zero attached hydrogens (tertiary/aromatic N) is 1. The van der Waals surface area contributed by atoms with Crippen LogP contribution in [-0.2, 0) is 22.4 Å². The minimum Gasteiger partial charge on any atom is -0.371 e. The summed E-state index contributed by atoms with van der Waals surface area (Å²) in [6.45, 7) is 1.54. The van der Waals surface area contributed by atoms with Gasteiger partial charge in [-0.05, 0) is 53.6 Å². The minimum atomic E-state index is -0.829. The van der Waals surface area contributed by atoms with E-state index in [0.717, 1.165) is 42.1 Å². The highest BCUT2D eigenvalue weighted by molar-refractivity contribution is 5.83. The van der Waals surface area contributed by atoms with Crippen molar-refractivity contribution in [3.8, 4) is 0 Å². The monoisotopic (exact) mass is 401 g/mol. The van der Waals surface area contributed by atoms with Gasteiger partial charge in [0, 0.05) is 25.2 Å². The van der Waals surface area contributed by atoms with Crippen molar-refractivity contribution in [1.29, 1.82) is 0 Å². The number of hydrogen-bond donors (Lipinski definition) is 1. The molecule has 4 nitrogen and oxygen atoms in total. The summed E-state index contributed by atoms with van der Waals surface area (Å²) in [6, 6.07) is 21.6. The Morgan fingerprint density at radius 1 is 1.07 bits per heavy atom. The highest BCUT2D eigenvalue weighted by atomic mass is 16.2. The van der Waals surface area contributed by atoms with Gasteiger partial charge in [0.25, 0.3) is 0 Å². The number of aldehydes is 1. The second-order valence-electron chi connectivity index (χ2n) is 7.95. The van der Waals surface area contributed by atoms with Gasteiger partial charge in [0.1, 0.15) is 7.63 Å². The molecule has 1 N–H and O–H groups in total. The largest absolute Gasteiger partial charge is 0.371 e. The lowest BCUT2D eigenvalue weighted by atomic mass is 10.0. The summed E-state index contributed by atoms with van der Waals surface area (Å²) in [5, 5.41) is 5.00. The Morgan fingerprint density at radius 3 is 2.73 bits per heavy atom. The molecule has 0 spiro atoms. The summed E-state index contributed by atoms with van der Waals surface area (Å²) in [5.74, 6) is -0.187. The number of para-hydroxylation sites is 1. The molecule has 1 amide bonds. The number of carbonyl (C=O) groups excluding carboxylic acids is 2. The van der Waals surface area contributed by atoms with E-state index in [2.05, 4.69) is 28.4 Å². The zero-order valence-corrected chi connectivity index (χ0v) is 17.1. The van der Waals surface area contributed by atoms with Crippen LogP contribution in [0.3, 0.4) is 0 Å². The molecule has 0 unspecified atom stereocenters. The molecule has 0 saturated heterocycles. The van der Waals surface area contributed by atoms with E-state index in [1.165, 1.54) is 11.3 Å². The average molecular weight is 402 g/mol. The fourth-order valence-corrected chi connectivity index (χ4v) is 4.23. The molecule has 1 heterocycles. The first-order valence-electron chi connectivity index (χ1n) is 11.2. The number of anilines is 1. The van der Waals surface area contributed by atoms with Gasteiger partial charge in [0.2, 0.25) is 5.91 Å². The molecule has 0 radical (unpaired) electrons. The fraction of sp³-hybridized carbons (Fsp3) is 0.308. The molecule has 3 aromatic carbocycles. The first kappa shape index (κ1) is 18.9. The van der Waals surface area contributed by atoms with Crippen molar-refractivity contribution in [3.63, 3.8) is 0 Å². The van der Waals surface area contributed by atoms with Crippen molar-refractivity contribution in [2.75, 3.05) is 18.0 Å². The van der Waals surface area contributed by atoms with Crippen LogP contribution in [0.25, 0.3) is 10.8 Å². The molecule has 1 atom stereocenters. The van der Waals surface area contributed by atoms with Gasteiger partial charge in [-0.3, -0.25) is 4.79 Å². The summed E-state index contributed by atoms with van der Waals surface area (Å²) in [4.78, 5) is 26.8. The van der Waals surface area contributed by atoms with Gasteiger partial charge in [-0.15, -0.1) is 0 Å². The van der Waals surface area contributed by atoms with Gasteiger partial charge in [-0.2, -0.15) is 0 Å². The van der Waals surface area contributed by atoms with Crippen LogP contribution >= 0.6 is 0 Å². The molecule has 3 aromatic rings. The fourth-order valence-electron chi connectivity index (χ4n) is 4.23. The highest BCUT2D eigenvalue weighted by Gasteiger charge is 2.17. The highest BCUT2D eigenvalue weighted by Crippen LogP contribution is 2.26. The van der Waals surface area contributed by atoms with Crippen LogP contribution in [0.2, 0.25) is 0 Å². The lowest BCUT2D eigenvalue weighted by Crippen LogP contribution is -2.39. The summed E-state index contributed by atoms with van der Waals surface area (Å²) < 4.78 is 7.63. The van der Waals surface area contributed by atoms with E-state index in [0.29, 0.717) is 19.4 Å². The molecule has 0 bridgehead atoms. The Hall–Kier alpha value is -3.14. The Kier molecular flexibility index (Phi) is 6.02. The topological polar surface area (TPSA) is 49.4 Å². The summed E-state index contributed by atoms with van der Waals surface area (Å²) in [6.07, 6.45) is 3.19. The molecule has 30 heavy (non-hydrogen) atoms. The summed E-state index contributed by atoms with van der Waals surface area (Å²) in [7, 11) is 0. The van der Waals surface area contributed by atoms with Crippen LogP contribution in [0.5, 0.6) is 0 Å². The number of hydrogen-bond acceptors (Lipinski definition) is 3. The van der Waals surface area contributed by atoms with Crippen LogP contribution < -0.4 is 10.2 Å². The lowest BCUT2D eigenvalue weighted by Gasteiger charge is -2.25. The number of nitrogens with one attached hydrogen (secondary N) is 1. The van der Waals surface area contributed by atoms with Crippen molar-refractivity contribution >= 4 is 28.6 Å². The van der Waals surface area contributed by atoms with Crippen LogP contribution in [0.15, 0.2) is 66.7 Å². The van der Waals surface area contributed by atoms with E-state index < -0.39 is 12.3 Å². The SMILES string of the molecule is [2H]C(=O)[C@@H](Cc1ccc2ccccc2c1)NC(=O)CCN1CCCCc2ccccc21. The Bertz CT molecular complexity index is 1080. The smallest absolute Gasteiger partial charge is 0.222 e. The molecule has 0 aromatic heterocycles. The van der Waals surface area contributed by atoms with E-state index in [4.69, 9.17) is 1.37 Å². The normalized spacial score (nSPS) is 15.1. The molecule has 0 saturated carbocycles.